The molecule has 1 atom stereocenters. The molecular formula is C12H21N3O2S. The number of hydrogen-bond donors (Lipinski definition) is 2. The standard InChI is InChI=1S/C12H21N3O2S/c1-4-16-7-5-6-13-12(18)15-10(3)11-14-8-9(2)17-11/h8,10H,4-7H2,1-3H3,(H2,13,15,18). The Hall–Kier alpha value is -1.14. The van der Waals surface area contributed by atoms with E-state index in [9.17, 15) is 0 Å². The molecule has 1 rings (SSSR count). The van der Waals surface area contributed by atoms with Gasteiger partial charge in [0, 0.05) is 19.8 Å². The summed E-state index contributed by atoms with van der Waals surface area (Å²) >= 11 is 5.18. The van der Waals surface area contributed by atoms with E-state index in [1.54, 1.807) is 6.20 Å². The Bertz CT molecular complexity index is 368. The van der Waals surface area contributed by atoms with Gasteiger partial charge in [0.2, 0.25) is 5.89 Å². The van der Waals surface area contributed by atoms with Crippen LogP contribution in [0, 0.1) is 6.92 Å². The topological polar surface area (TPSA) is 59.3 Å². The lowest BCUT2D eigenvalue weighted by molar-refractivity contribution is 0.145. The first-order valence-electron chi connectivity index (χ1n) is 6.18. The number of aromatic nitrogens is 1. The molecule has 6 heteroatoms. The molecule has 5 nitrogen and oxygen atoms in total. The fraction of sp³-hybridized carbons (Fsp3) is 0.667. The Morgan fingerprint density at radius 1 is 1.61 bits per heavy atom. The predicted molar refractivity (Wildman–Crippen MR) is 74.5 cm³/mol. The van der Waals surface area contributed by atoms with E-state index >= 15 is 0 Å². The molecule has 2 N–H and O–H groups in total. The number of oxazole rings is 1. The van der Waals surface area contributed by atoms with Crippen LogP contribution in [0.1, 0.15) is 38.0 Å². The van der Waals surface area contributed by atoms with Gasteiger partial charge in [0.05, 0.1) is 6.20 Å². The second kappa shape index (κ2) is 8.05. The third kappa shape index (κ3) is 5.46. The van der Waals surface area contributed by atoms with E-state index < -0.39 is 0 Å². The summed E-state index contributed by atoms with van der Waals surface area (Å²) in [7, 11) is 0. The maximum absolute atomic E-state index is 5.42. The van der Waals surface area contributed by atoms with Crippen molar-refractivity contribution in [2.24, 2.45) is 0 Å². The molecule has 0 bridgehead atoms. The first-order valence-corrected chi connectivity index (χ1v) is 6.58. The number of aryl methyl sites for hydroxylation is 1. The Balaban J connectivity index is 2.19. The van der Waals surface area contributed by atoms with E-state index in [1.807, 2.05) is 20.8 Å². The zero-order valence-corrected chi connectivity index (χ0v) is 12.0. The average Bonchev–Trinajstić information content (AvgIpc) is 2.75. The molecule has 0 aromatic carbocycles. The fourth-order valence-corrected chi connectivity index (χ4v) is 1.68. The number of nitrogens with zero attached hydrogens (tertiary/aromatic N) is 1. The van der Waals surface area contributed by atoms with Crippen LogP contribution in [0.15, 0.2) is 10.6 Å². The number of nitrogens with one attached hydrogen (secondary N) is 2. The minimum atomic E-state index is -0.0365. The molecule has 0 radical (unpaired) electrons. The molecule has 0 aliphatic heterocycles. The van der Waals surface area contributed by atoms with E-state index in [-0.39, 0.29) is 6.04 Å². The summed E-state index contributed by atoms with van der Waals surface area (Å²) in [6.07, 6.45) is 2.63. The van der Waals surface area contributed by atoms with Crippen molar-refractivity contribution < 1.29 is 9.15 Å². The van der Waals surface area contributed by atoms with E-state index in [2.05, 4.69) is 15.6 Å². The van der Waals surface area contributed by atoms with Crippen molar-refractivity contribution in [3.05, 3.63) is 17.8 Å². The molecule has 0 amide bonds. The van der Waals surface area contributed by atoms with Crippen LogP contribution in [0.2, 0.25) is 0 Å². The van der Waals surface area contributed by atoms with Crippen molar-refractivity contribution in [2.45, 2.75) is 33.2 Å². The predicted octanol–water partition coefficient (Wildman–Crippen LogP) is 1.93. The molecule has 0 aliphatic rings. The van der Waals surface area contributed by atoms with Gasteiger partial charge in [0.15, 0.2) is 5.11 Å². The summed E-state index contributed by atoms with van der Waals surface area (Å²) in [5, 5.41) is 6.85. The van der Waals surface area contributed by atoms with Gasteiger partial charge in [-0.25, -0.2) is 4.98 Å². The maximum Gasteiger partial charge on any atom is 0.216 e. The van der Waals surface area contributed by atoms with Crippen LogP contribution in [0.5, 0.6) is 0 Å². The summed E-state index contributed by atoms with van der Waals surface area (Å²) in [6, 6.07) is -0.0365. The molecule has 1 aromatic heterocycles. The van der Waals surface area contributed by atoms with Crippen molar-refractivity contribution in [1.29, 1.82) is 0 Å². The fourth-order valence-electron chi connectivity index (χ4n) is 1.40. The Labute approximate surface area is 113 Å². The van der Waals surface area contributed by atoms with Gasteiger partial charge in [-0.2, -0.15) is 0 Å². The van der Waals surface area contributed by atoms with Crippen molar-refractivity contribution in [1.82, 2.24) is 15.6 Å². The molecule has 0 aliphatic carbocycles. The minimum absolute atomic E-state index is 0.0365. The Morgan fingerprint density at radius 2 is 2.39 bits per heavy atom. The molecule has 1 aromatic rings. The van der Waals surface area contributed by atoms with Crippen LogP contribution in [-0.2, 0) is 4.74 Å². The molecule has 18 heavy (non-hydrogen) atoms. The first kappa shape index (κ1) is 14.9. The van der Waals surface area contributed by atoms with Gasteiger partial charge in [0.25, 0.3) is 0 Å². The van der Waals surface area contributed by atoms with Gasteiger partial charge in [-0.3, -0.25) is 0 Å². The monoisotopic (exact) mass is 271 g/mol. The second-order valence-electron chi connectivity index (χ2n) is 3.98. The highest BCUT2D eigenvalue weighted by molar-refractivity contribution is 7.80. The van der Waals surface area contributed by atoms with E-state index in [0.29, 0.717) is 11.0 Å². The lowest BCUT2D eigenvalue weighted by Crippen LogP contribution is -2.37. The molecule has 0 fully saturated rings. The van der Waals surface area contributed by atoms with Crippen molar-refractivity contribution in [3.8, 4) is 0 Å². The van der Waals surface area contributed by atoms with Crippen LogP contribution in [0.3, 0.4) is 0 Å². The highest BCUT2D eigenvalue weighted by atomic mass is 32.1. The van der Waals surface area contributed by atoms with Crippen molar-refractivity contribution in [3.63, 3.8) is 0 Å². The summed E-state index contributed by atoms with van der Waals surface area (Å²) < 4.78 is 10.7. The number of hydrogen-bond acceptors (Lipinski definition) is 4. The van der Waals surface area contributed by atoms with Gasteiger partial charge >= 0.3 is 0 Å². The van der Waals surface area contributed by atoms with Crippen LogP contribution < -0.4 is 10.6 Å². The molecular weight excluding hydrogens is 250 g/mol. The SMILES string of the molecule is CCOCCCNC(=S)NC(C)c1ncc(C)o1. The lowest BCUT2D eigenvalue weighted by Gasteiger charge is -2.14. The minimum Gasteiger partial charge on any atom is -0.444 e. The van der Waals surface area contributed by atoms with Crippen LogP contribution in [-0.4, -0.2) is 29.9 Å². The van der Waals surface area contributed by atoms with Crippen LogP contribution >= 0.6 is 12.2 Å². The van der Waals surface area contributed by atoms with E-state index in [1.165, 1.54) is 0 Å². The maximum atomic E-state index is 5.42. The van der Waals surface area contributed by atoms with Gasteiger partial charge < -0.3 is 19.8 Å². The number of ether oxygens (including phenoxy) is 1. The normalized spacial score (nSPS) is 12.2. The zero-order valence-electron chi connectivity index (χ0n) is 11.2. The zero-order chi connectivity index (χ0) is 13.4. The third-order valence-corrected chi connectivity index (χ3v) is 2.57. The quantitative estimate of drug-likeness (QED) is 0.584. The van der Waals surface area contributed by atoms with Gasteiger partial charge in [-0.05, 0) is 39.4 Å². The Kier molecular flexibility index (Phi) is 6.67. The molecule has 1 heterocycles. The molecule has 0 saturated heterocycles. The number of rotatable bonds is 7. The van der Waals surface area contributed by atoms with Crippen LogP contribution in [0.25, 0.3) is 0 Å². The van der Waals surface area contributed by atoms with Crippen molar-refractivity contribution in [2.75, 3.05) is 19.8 Å². The Morgan fingerprint density at radius 3 is 3.00 bits per heavy atom. The summed E-state index contributed by atoms with van der Waals surface area (Å²) in [5.74, 6) is 1.44. The average molecular weight is 271 g/mol. The van der Waals surface area contributed by atoms with Gasteiger partial charge in [-0.15, -0.1) is 0 Å². The van der Waals surface area contributed by atoms with Gasteiger partial charge in [0.1, 0.15) is 11.8 Å². The van der Waals surface area contributed by atoms with E-state index in [0.717, 1.165) is 31.9 Å². The van der Waals surface area contributed by atoms with Crippen LogP contribution in [0.4, 0.5) is 0 Å². The summed E-state index contributed by atoms with van der Waals surface area (Å²) in [5.41, 5.74) is 0. The summed E-state index contributed by atoms with van der Waals surface area (Å²) in [4.78, 5) is 4.15. The van der Waals surface area contributed by atoms with Gasteiger partial charge in [-0.1, -0.05) is 0 Å². The van der Waals surface area contributed by atoms with Crippen molar-refractivity contribution >= 4 is 17.3 Å². The molecule has 102 valence electrons. The largest absolute Gasteiger partial charge is 0.444 e. The lowest BCUT2D eigenvalue weighted by atomic mass is 10.3. The molecule has 0 spiro atoms. The first-order chi connectivity index (χ1) is 8.63. The molecule has 0 saturated carbocycles. The summed E-state index contributed by atoms with van der Waals surface area (Å²) in [6.45, 7) is 8.11. The second-order valence-corrected chi connectivity index (χ2v) is 4.39. The highest BCUT2D eigenvalue weighted by Gasteiger charge is 2.11. The number of thiocarbonyl (C=S) groups is 1. The third-order valence-electron chi connectivity index (χ3n) is 2.31. The highest BCUT2D eigenvalue weighted by Crippen LogP contribution is 2.11. The molecule has 1 unspecified atom stereocenters. The smallest absolute Gasteiger partial charge is 0.216 e. The van der Waals surface area contributed by atoms with E-state index in [4.69, 9.17) is 21.4 Å².